The van der Waals surface area contributed by atoms with Crippen LogP contribution >= 0.6 is 0 Å². The van der Waals surface area contributed by atoms with Crippen molar-refractivity contribution in [3.05, 3.63) is 64.7 Å². The van der Waals surface area contributed by atoms with Crippen molar-refractivity contribution in [2.75, 3.05) is 7.05 Å². The molecule has 1 aromatic carbocycles. The Kier molecular flexibility index (Phi) is 4.52. The van der Waals surface area contributed by atoms with Gasteiger partial charge in [0.15, 0.2) is 23.3 Å². The first-order chi connectivity index (χ1) is 9.97. The number of benzene rings is 1. The summed E-state index contributed by atoms with van der Waals surface area (Å²) >= 11 is 0. The molecule has 1 heterocycles. The van der Waals surface area contributed by atoms with Gasteiger partial charge < -0.3 is 5.32 Å². The van der Waals surface area contributed by atoms with Gasteiger partial charge in [-0.2, -0.15) is 0 Å². The third-order valence-corrected chi connectivity index (χ3v) is 3.10. The van der Waals surface area contributed by atoms with Gasteiger partial charge in [0.25, 0.3) is 0 Å². The van der Waals surface area contributed by atoms with E-state index >= 15 is 0 Å². The Labute approximate surface area is 117 Å². The third-order valence-electron chi connectivity index (χ3n) is 3.10. The van der Waals surface area contributed by atoms with E-state index in [0.717, 1.165) is 0 Å². The van der Waals surface area contributed by atoms with Crippen molar-refractivity contribution in [2.24, 2.45) is 0 Å². The van der Waals surface area contributed by atoms with Gasteiger partial charge in [-0.05, 0) is 25.1 Å². The summed E-state index contributed by atoms with van der Waals surface area (Å²) in [4.78, 5) is 3.84. The summed E-state index contributed by atoms with van der Waals surface area (Å²) in [5, 5.41) is 2.56. The van der Waals surface area contributed by atoms with Crippen LogP contribution in [0.4, 0.5) is 22.0 Å². The minimum Gasteiger partial charge on any atom is -0.313 e. The van der Waals surface area contributed by atoms with Crippen LogP contribution in [0.3, 0.4) is 0 Å². The van der Waals surface area contributed by atoms with E-state index in [0.29, 0.717) is 5.56 Å². The SMILES string of the molecule is CNC(Cc1cccnc1)c1c(F)c(F)c(F)c(F)c1F. The highest BCUT2D eigenvalue weighted by Crippen LogP contribution is 2.29. The lowest BCUT2D eigenvalue weighted by molar-refractivity contribution is 0.358. The highest BCUT2D eigenvalue weighted by Gasteiger charge is 2.29. The lowest BCUT2D eigenvalue weighted by Crippen LogP contribution is -2.23. The van der Waals surface area contributed by atoms with Gasteiger partial charge in [0.05, 0.1) is 0 Å². The maximum absolute atomic E-state index is 13.8. The van der Waals surface area contributed by atoms with Crippen molar-refractivity contribution in [1.29, 1.82) is 0 Å². The number of nitrogens with zero attached hydrogens (tertiary/aromatic N) is 1. The zero-order chi connectivity index (χ0) is 15.6. The number of halogens is 5. The third kappa shape index (κ3) is 2.87. The fourth-order valence-electron chi connectivity index (χ4n) is 2.03. The van der Waals surface area contributed by atoms with Gasteiger partial charge in [-0.3, -0.25) is 4.98 Å². The van der Waals surface area contributed by atoms with E-state index in [2.05, 4.69) is 10.3 Å². The molecule has 21 heavy (non-hydrogen) atoms. The Balaban J connectivity index is 2.48. The normalized spacial score (nSPS) is 12.5. The number of hydrogen-bond acceptors (Lipinski definition) is 2. The molecule has 0 amide bonds. The van der Waals surface area contributed by atoms with Crippen LogP contribution in [0.5, 0.6) is 0 Å². The second-order valence-electron chi connectivity index (χ2n) is 4.39. The summed E-state index contributed by atoms with van der Waals surface area (Å²) in [6.45, 7) is 0. The Morgan fingerprint density at radius 2 is 1.57 bits per heavy atom. The minimum atomic E-state index is -2.16. The van der Waals surface area contributed by atoms with Crippen molar-refractivity contribution < 1.29 is 22.0 Å². The quantitative estimate of drug-likeness (QED) is 0.532. The van der Waals surface area contributed by atoms with Gasteiger partial charge >= 0.3 is 0 Å². The first-order valence-corrected chi connectivity index (χ1v) is 6.04. The van der Waals surface area contributed by atoms with E-state index in [1.165, 1.54) is 19.4 Å². The standard InChI is InChI=1S/C14H11F5N2/c1-20-8(5-7-3-2-4-21-6-7)9-10(15)12(17)14(19)13(18)11(9)16/h2-4,6,8,20H,5H2,1H3. The summed E-state index contributed by atoms with van der Waals surface area (Å²) in [6, 6.07) is 2.18. The molecule has 0 bridgehead atoms. The van der Waals surface area contributed by atoms with Crippen molar-refractivity contribution in [3.8, 4) is 0 Å². The predicted octanol–water partition coefficient (Wildman–Crippen LogP) is 3.28. The van der Waals surface area contributed by atoms with Crippen LogP contribution in [0.25, 0.3) is 0 Å². The molecule has 0 saturated heterocycles. The fourth-order valence-corrected chi connectivity index (χ4v) is 2.03. The molecule has 0 fully saturated rings. The lowest BCUT2D eigenvalue weighted by Gasteiger charge is -2.19. The van der Waals surface area contributed by atoms with Crippen molar-refractivity contribution in [1.82, 2.24) is 10.3 Å². The van der Waals surface area contributed by atoms with Crippen LogP contribution in [0.15, 0.2) is 24.5 Å². The molecule has 0 aliphatic carbocycles. The van der Waals surface area contributed by atoms with Crippen molar-refractivity contribution in [2.45, 2.75) is 12.5 Å². The van der Waals surface area contributed by atoms with Crippen LogP contribution in [-0.2, 0) is 6.42 Å². The lowest BCUT2D eigenvalue weighted by atomic mass is 9.98. The summed E-state index contributed by atoms with van der Waals surface area (Å²) < 4.78 is 67.0. The molecule has 7 heteroatoms. The molecule has 0 saturated carbocycles. The van der Waals surface area contributed by atoms with Crippen molar-refractivity contribution >= 4 is 0 Å². The van der Waals surface area contributed by atoms with Gasteiger partial charge in [0, 0.05) is 24.0 Å². The molecule has 1 aromatic heterocycles. The molecule has 0 aliphatic heterocycles. The Hall–Kier alpha value is -2.02. The van der Waals surface area contributed by atoms with E-state index in [1.807, 2.05) is 0 Å². The van der Waals surface area contributed by atoms with Gasteiger partial charge in [0.1, 0.15) is 0 Å². The van der Waals surface area contributed by atoms with Crippen LogP contribution in [-0.4, -0.2) is 12.0 Å². The number of rotatable bonds is 4. The van der Waals surface area contributed by atoms with Gasteiger partial charge in [0.2, 0.25) is 5.82 Å². The summed E-state index contributed by atoms with van der Waals surface area (Å²) in [5.74, 6) is -9.71. The van der Waals surface area contributed by atoms with Gasteiger partial charge in [-0.15, -0.1) is 0 Å². The van der Waals surface area contributed by atoms with Crippen LogP contribution in [0.1, 0.15) is 17.2 Å². The van der Waals surface area contributed by atoms with Crippen LogP contribution < -0.4 is 5.32 Å². The molecule has 2 rings (SSSR count). The molecule has 0 radical (unpaired) electrons. The van der Waals surface area contributed by atoms with Crippen LogP contribution in [0.2, 0.25) is 0 Å². The zero-order valence-corrected chi connectivity index (χ0v) is 10.9. The van der Waals surface area contributed by atoms with E-state index in [4.69, 9.17) is 0 Å². The average molecular weight is 302 g/mol. The number of hydrogen-bond donors (Lipinski definition) is 1. The first kappa shape index (κ1) is 15.4. The summed E-state index contributed by atoms with van der Waals surface area (Å²) in [6.07, 6.45) is 3.00. The fraction of sp³-hybridized carbons (Fsp3) is 0.214. The molecule has 2 aromatic rings. The minimum absolute atomic E-state index is 0.0304. The molecule has 0 spiro atoms. The number of aromatic nitrogens is 1. The van der Waals surface area contributed by atoms with Crippen LogP contribution in [0, 0.1) is 29.1 Å². The van der Waals surface area contributed by atoms with E-state index in [1.54, 1.807) is 12.1 Å². The number of likely N-dealkylation sites (N-methyl/N-ethyl adjacent to an activating group) is 1. The average Bonchev–Trinajstić information content (AvgIpc) is 2.51. The molecule has 1 unspecified atom stereocenters. The molecule has 0 aliphatic rings. The smallest absolute Gasteiger partial charge is 0.200 e. The Morgan fingerprint density at radius 3 is 2.05 bits per heavy atom. The molecule has 2 nitrogen and oxygen atoms in total. The van der Waals surface area contributed by atoms with E-state index in [-0.39, 0.29) is 6.42 Å². The Bertz CT molecular complexity index is 617. The topological polar surface area (TPSA) is 24.9 Å². The highest BCUT2D eigenvalue weighted by molar-refractivity contribution is 5.28. The second-order valence-corrected chi connectivity index (χ2v) is 4.39. The van der Waals surface area contributed by atoms with Gasteiger partial charge in [-0.25, -0.2) is 22.0 Å². The summed E-state index contributed by atoms with van der Waals surface area (Å²) in [5.41, 5.74) is -0.279. The first-order valence-electron chi connectivity index (χ1n) is 6.04. The predicted molar refractivity (Wildman–Crippen MR) is 66.0 cm³/mol. The molecular formula is C14H11F5N2. The van der Waals surface area contributed by atoms with Gasteiger partial charge in [-0.1, -0.05) is 6.07 Å². The Morgan fingerprint density at radius 1 is 1.00 bits per heavy atom. The van der Waals surface area contributed by atoms with E-state index < -0.39 is 40.7 Å². The second kappa shape index (κ2) is 6.17. The maximum Gasteiger partial charge on any atom is 0.200 e. The number of nitrogens with one attached hydrogen (secondary N) is 1. The molecule has 1 N–H and O–H groups in total. The zero-order valence-electron chi connectivity index (χ0n) is 10.9. The summed E-state index contributed by atoms with van der Waals surface area (Å²) in [7, 11) is 1.37. The molecule has 1 atom stereocenters. The molecular weight excluding hydrogens is 291 g/mol. The van der Waals surface area contributed by atoms with E-state index in [9.17, 15) is 22.0 Å². The largest absolute Gasteiger partial charge is 0.313 e. The monoisotopic (exact) mass is 302 g/mol. The highest BCUT2D eigenvalue weighted by atomic mass is 19.2. The van der Waals surface area contributed by atoms with Crippen molar-refractivity contribution in [3.63, 3.8) is 0 Å². The molecule has 112 valence electrons. The number of pyridine rings is 1. The maximum atomic E-state index is 13.8.